The van der Waals surface area contributed by atoms with E-state index in [4.69, 9.17) is 9.47 Å². The fourth-order valence-corrected chi connectivity index (χ4v) is 2.96. The number of rotatable bonds is 5. The molecule has 3 aromatic rings. The molecule has 0 fully saturated rings. The van der Waals surface area contributed by atoms with Crippen LogP contribution in [-0.2, 0) is 12.1 Å². The van der Waals surface area contributed by atoms with Crippen LogP contribution >= 0.6 is 0 Å². The Labute approximate surface area is 175 Å². The van der Waals surface area contributed by atoms with Crippen LogP contribution in [0.4, 0.5) is 46.5 Å². The highest BCUT2D eigenvalue weighted by atomic mass is 19.4. The molecule has 32 heavy (non-hydrogen) atoms. The van der Waals surface area contributed by atoms with E-state index in [0.717, 1.165) is 12.1 Å². The summed E-state index contributed by atoms with van der Waals surface area (Å²) >= 11 is 0. The summed E-state index contributed by atoms with van der Waals surface area (Å²) in [6.07, 6.45) is -11.9. The van der Waals surface area contributed by atoms with Gasteiger partial charge in [0, 0.05) is 11.1 Å². The summed E-state index contributed by atoms with van der Waals surface area (Å²) in [5.74, 6) is -5.49. The van der Waals surface area contributed by atoms with Crippen LogP contribution in [0.5, 0.6) is 11.5 Å². The third-order valence-electron chi connectivity index (χ3n) is 4.49. The lowest BCUT2D eigenvalue weighted by Gasteiger charge is -2.26. The molecule has 0 amide bonds. The molecule has 1 aromatic heterocycles. The minimum Gasteiger partial charge on any atom is -0.497 e. The molecule has 3 rings (SSSR count). The number of anilines is 2. The molecule has 0 saturated carbocycles. The Morgan fingerprint density at radius 2 is 1.34 bits per heavy atom. The van der Waals surface area contributed by atoms with Gasteiger partial charge in [-0.3, -0.25) is 0 Å². The molecule has 0 aliphatic rings. The number of hydrogen-bond acceptors (Lipinski definition) is 4. The van der Waals surface area contributed by atoms with Gasteiger partial charge in [0.2, 0.25) is 0 Å². The van der Waals surface area contributed by atoms with Gasteiger partial charge in [0.1, 0.15) is 22.8 Å². The molecule has 0 radical (unpaired) electrons. The fourth-order valence-electron chi connectivity index (χ4n) is 2.96. The first kappa shape index (κ1) is 23.4. The van der Waals surface area contributed by atoms with Crippen molar-refractivity contribution in [2.45, 2.75) is 18.3 Å². The molecular formula is C20H14F8N2O2. The molecule has 0 bridgehead atoms. The van der Waals surface area contributed by atoms with Crippen LogP contribution in [-0.4, -0.2) is 25.4 Å². The van der Waals surface area contributed by atoms with E-state index >= 15 is 0 Å². The quantitative estimate of drug-likeness (QED) is 0.427. The molecule has 0 atom stereocenters. The zero-order valence-corrected chi connectivity index (χ0v) is 16.3. The zero-order valence-electron chi connectivity index (χ0n) is 16.3. The average molecular weight is 466 g/mol. The minimum absolute atomic E-state index is 0.0205. The summed E-state index contributed by atoms with van der Waals surface area (Å²) in [5, 5.41) is 1.95. The lowest BCUT2D eigenvalue weighted by Crippen LogP contribution is -2.37. The molecule has 0 spiro atoms. The van der Waals surface area contributed by atoms with Crippen LogP contribution < -0.4 is 14.8 Å². The maximum absolute atomic E-state index is 14.2. The van der Waals surface area contributed by atoms with Crippen LogP contribution in [0.2, 0.25) is 0 Å². The maximum atomic E-state index is 14.2. The Morgan fingerprint density at radius 3 is 1.84 bits per heavy atom. The molecule has 172 valence electrons. The van der Waals surface area contributed by atoms with Gasteiger partial charge in [-0.25, -0.2) is 4.98 Å². The Balaban J connectivity index is 2.40. The van der Waals surface area contributed by atoms with Crippen LogP contribution in [0.25, 0.3) is 10.9 Å². The summed E-state index contributed by atoms with van der Waals surface area (Å²) in [5.41, 5.74) is -6.25. The highest BCUT2D eigenvalue weighted by Gasteiger charge is 2.63. The molecule has 0 aliphatic heterocycles. The van der Waals surface area contributed by atoms with Crippen molar-refractivity contribution in [3.63, 3.8) is 0 Å². The smallest absolute Gasteiger partial charge is 0.459 e. The predicted octanol–water partition coefficient (Wildman–Crippen LogP) is 6.67. The topological polar surface area (TPSA) is 43.4 Å². The highest BCUT2D eigenvalue weighted by Crippen LogP contribution is 2.51. The Kier molecular flexibility index (Phi) is 5.83. The SMILES string of the molecule is COc1ccc(Nc2c(C(F)(F)F)c(C(F)(F)C(F)(F)F)nc3ccc(OC)cc23)cc1. The van der Waals surface area contributed by atoms with E-state index in [1.165, 1.54) is 44.6 Å². The van der Waals surface area contributed by atoms with E-state index in [0.29, 0.717) is 5.75 Å². The molecule has 0 aliphatic carbocycles. The van der Waals surface area contributed by atoms with Crippen molar-refractivity contribution >= 4 is 22.3 Å². The van der Waals surface area contributed by atoms with Crippen LogP contribution in [0, 0.1) is 0 Å². The van der Waals surface area contributed by atoms with Gasteiger partial charge in [-0.2, -0.15) is 35.1 Å². The number of alkyl halides is 8. The number of pyridine rings is 1. The molecule has 1 N–H and O–H groups in total. The minimum atomic E-state index is -6.31. The lowest BCUT2D eigenvalue weighted by molar-refractivity contribution is -0.292. The Morgan fingerprint density at radius 1 is 0.781 bits per heavy atom. The van der Waals surface area contributed by atoms with Gasteiger partial charge < -0.3 is 14.8 Å². The second-order valence-corrected chi connectivity index (χ2v) is 6.52. The van der Waals surface area contributed by atoms with Crippen LogP contribution in [0.1, 0.15) is 11.3 Å². The van der Waals surface area contributed by atoms with Crippen LogP contribution in [0.3, 0.4) is 0 Å². The summed E-state index contributed by atoms with van der Waals surface area (Å²) in [7, 11) is 2.56. The summed E-state index contributed by atoms with van der Waals surface area (Å²) < 4.78 is 119. The van der Waals surface area contributed by atoms with Gasteiger partial charge >= 0.3 is 18.3 Å². The fraction of sp³-hybridized carbons (Fsp3) is 0.250. The van der Waals surface area contributed by atoms with Gasteiger partial charge in [0.05, 0.1) is 25.4 Å². The van der Waals surface area contributed by atoms with Crippen molar-refractivity contribution in [3.05, 3.63) is 53.7 Å². The maximum Gasteiger partial charge on any atom is 0.459 e. The molecule has 0 saturated heterocycles. The summed E-state index contributed by atoms with van der Waals surface area (Å²) in [6, 6.07) is 8.49. The van der Waals surface area contributed by atoms with Crippen molar-refractivity contribution in [2.75, 3.05) is 19.5 Å². The molecule has 1 heterocycles. The normalized spacial score (nSPS) is 12.7. The third-order valence-corrected chi connectivity index (χ3v) is 4.49. The zero-order chi connectivity index (χ0) is 23.9. The summed E-state index contributed by atoms with van der Waals surface area (Å²) in [4.78, 5) is 3.08. The van der Waals surface area contributed by atoms with Crippen molar-refractivity contribution in [3.8, 4) is 11.5 Å². The number of ether oxygens (including phenoxy) is 2. The van der Waals surface area contributed by atoms with Crippen molar-refractivity contribution in [1.82, 2.24) is 4.98 Å². The highest BCUT2D eigenvalue weighted by molar-refractivity contribution is 5.96. The van der Waals surface area contributed by atoms with E-state index < -0.39 is 40.7 Å². The van der Waals surface area contributed by atoms with Gasteiger partial charge in [0.15, 0.2) is 0 Å². The number of benzene rings is 2. The van der Waals surface area contributed by atoms with Gasteiger partial charge in [0.25, 0.3) is 0 Å². The third kappa shape index (κ3) is 4.21. The number of methoxy groups -OCH3 is 2. The van der Waals surface area contributed by atoms with E-state index in [2.05, 4.69) is 10.3 Å². The van der Waals surface area contributed by atoms with E-state index in [1.54, 1.807) is 0 Å². The monoisotopic (exact) mass is 466 g/mol. The van der Waals surface area contributed by atoms with Crippen molar-refractivity contribution in [1.29, 1.82) is 0 Å². The number of nitrogens with one attached hydrogen (secondary N) is 1. The molecule has 12 heteroatoms. The number of aromatic nitrogens is 1. The van der Waals surface area contributed by atoms with Crippen LogP contribution in [0.15, 0.2) is 42.5 Å². The van der Waals surface area contributed by atoms with E-state index in [9.17, 15) is 35.1 Å². The van der Waals surface area contributed by atoms with E-state index in [1.807, 2.05) is 0 Å². The largest absolute Gasteiger partial charge is 0.497 e. The van der Waals surface area contributed by atoms with E-state index in [-0.39, 0.29) is 16.8 Å². The second kappa shape index (κ2) is 7.99. The summed E-state index contributed by atoms with van der Waals surface area (Å²) in [6.45, 7) is 0. The lowest BCUT2D eigenvalue weighted by atomic mass is 10.00. The van der Waals surface area contributed by atoms with Gasteiger partial charge in [-0.15, -0.1) is 0 Å². The first-order chi connectivity index (χ1) is 14.8. The molecule has 2 aromatic carbocycles. The standard InChI is InChI=1S/C20H14F8N2O2/c1-31-11-5-3-10(4-6-11)29-16-13-9-12(32-2)7-8-14(13)30-17(15(16)19(23,24)25)18(21,22)20(26,27)28/h3-9H,1-2H3,(H,29,30). The first-order valence-corrected chi connectivity index (χ1v) is 8.74. The van der Waals surface area contributed by atoms with Gasteiger partial charge in [-0.05, 0) is 42.5 Å². The number of nitrogens with zero attached hydrogens (tertiary/aromatic N) is 1. The number of hydrogen-bond donors (Lipinski definition) is 1. The molecular weight excluding hydrogens is 452 g/mol. The first-order valence-electron chi connectivity index (χ1n) is 8.74. The number of fused-ring (bicyclic) bond motifs is 1. The second-order valence-electron chi connectivity index (χ2n) is 6.52. The van der Waals surface area contributed by atoms with Gasteiger partial charge in [-0.1, -0.05) is 0 Å². The Bertz CT molecular complexity index is 1130. The van der Waals surface area contributed by atoms with Crippen molar-refractivity contribution in [2.24, 2.45) is 0 Å². The average Bonchev–Trinajstić information content (AvgIpc) is 2.71. The van der Waals surface area contributed by atoms with Crippen molar-refractivity contribution < 1.29 is 44.6 Å². The Hall–Kier alpha value is -3.31. The molecule has 0 unspecified atom stereocenters. The predicted molar refractivity (Wildman–Crippen MR) is 99.5 cm³/mol. The number of halogens is 8. The molecule has 4 nitrogen and oxygen atoms in total.